The molecule has 0 aliphatic carbocycles. The molecular formula is C19H26N2O6S. The summed E-state index contributed by atoms with van der Waals surface area (Å²) in [5, 5.41) is 4.85. The van der Waals surface area contributed by atoms with Crippen LogP contribution < -0.4 is 20.1 Å². The van der Waals surface area contributed by atoms with E-state index in [2.05, 4.69) is 10.6 Å². The Morgan fingerprint density at radius 3 is 2.36 bits per heavy atom. The van der Waals surface area contributed by atoms with Crippen LogP contribution in [0.25, 0.3) is 0 Å². The molecule has 1 aromatic rings. The highest BCUT2D eigenvalue weighted by Crippen LogP contribution is 2.45. The van der Waals surface area contributed by atoms with Crippen molar-refractivity contribution in [3.63, 3.8) is 0 Å². The largest absolute Gasteiger partial charge is 0.493 e. The minimum Gasteiger partial charge on any atom is -0.493 e. The summed E-state index contributed by atoms with van der Waals surface area (Å²) >= 11 is 0. The van der Waals surface area contributed by atoms with E-state index in [9.17, 15) is 18.0 Å². The molecule has 1 unspecified atom stereocenters. The minimum atomic E-state index is -3.67. The summed E-state index contributed by atoms with van der Waals surface area (Å²) in [4.78, 5) is 24.4. The van der Waals surface area contributed by atoms with E-state index in [0.717, 1.165) is 25.7 Å². The number of rotatable bonds is 8. The molecule has 0 radical (unpaired) electrons. The minimum absolute atomic E-state index is 0.0324. The Morgan fingerprint density at radius 1 is 1.07 bits per heavy atom. The smallest absolute Gasteiger partial charge is 0.322 e. The topological polar surface area (TPSA) is 111 Å². The number of nitrogens with one attached hydrogen (secondary N) is 2. The summed E-state index contributed by atoms with van der Waals surface area (Å²) in [6.07, 6.45) is 3.40. The molecule has 1 saturated heterocycles. The van der Waals surface area contributed by atoms with E-state index in [0.29, 0.717) is 19.0 Å². The Labute approximate surface area is 164 Å². The third-order valence-corrected chi connectivity index (χ3v) is 6.79. The van der Waals surface area contributed by atoms with Crippen LogP contribution in [0.3, 0.4) is 0 Å². The average molecular weight is 410 g/mol. The fraction of sp³-hybridized carbons (Fsp3) is 0.579. The maximum Gasteiger partial charge on any atom is 0.322 e. The Hall–Kier alpha value is -2.29. The molecule has 9 heteroatoms. The number of carbonyl (C=O) groups excluding carboxylic acids is 2. The van der Waals surface area contributed by atoms with Crippen LogP contribution in [0, 0.1) is 0 Å². The molecule has 1 spiro atoms. The van der Waals surface area contributed by atoms with Gasteiger partial charge in [-0.05, 0) is 25.3 Å². The van der Waals surface area contributed by atoms with Crippen LogP contribution in [0.15, 0.2) is 17.0 Å². The molecule has 3 amide bonds. The first kappa shape index (κ1) is 20.4. The predicted molar refractivity (Wildman–Crippen MR) is 102 cm³/mol. The van der Waals surface area contributed by atoms with Crippen molar-refractivity contribution < 1.29 is 27.5 Å². The lowest BCUT2D eigenvalue weighted by Crippen LogP contribution is -2.48. The van der Waals surface area contributed by atoms with E-state index >= 15 is 0 Å². The number of hydrogen-bond donors (Lipinski definition) is 2. The first-order chi connectivity index (χ1) is 13.3. The highest BCUT2D eigenvalue weighted by atomic mass is 32.2. The number of fused-ring (bicyclic) bond motifs is 2. The molecule has 1 atom stereocenters. The second kappa shape index (κ2) is 7.98. The van der Waals surface area contributed by atoms with Gasteiger partial charge in [-0.25, -0.2) is 13.2 Å². The molecule has 0 bridgehead atoms. The first-order valence-electron chi connectivity index (χ1n) is 9.64. The Bertz CT molecular complexity index is 883. The number of amides is 3. The zero-order chi connectivity index (χ0) is 20.4. The highest BCUT2D eigenvalue weighted by Gasteiger charge is 2.54. The van der Waals surface area contributed by atoms with E-state index in [1.807, 2.05) is 13.8 Å². The van der Waals surface area contributed by atoms with Gasteiger partial charge in [0.25, 0.3) is 5.91 Å². The normalized spacial score (nSPS) is 22.5. The van der Waals surface area contributed by atoms with E-state index in [-0.39, 0.29) is 28.4 Å². The lowest BCUT2D eigenvalue weighted by Gasteiger charge is -2.33. The third-order valence-electron chi connectivity index (χ3n) is 5.01. The number of sulfone groups is 1. The van der Waals surface area contributed by atoms with E-state index in [4.69, 9.17) is 9.47 Å². The summed E-state index contributed by atoms with van der Waals surface area (Å²) in [6, 6.07) is 2.47. The molecule has 0 saturated carbocycles. The van der Waals surface area contributed by atoms with Gasteiger partial charge in [0.1, 0.15) is 21.9 Å². The zero-order valence-electron chi connectivity index (χ0n) is 16.2. The number of ether oxygens (including phenoxy) is 2. The molecule has 1 aromatic carbocycles. The fourth-order valence-electron chi connectivity index (χ4n) is 3.45. The van der Waals surface area contributed by atoms with Crippen LogP contribution in [0.4, 0.5) is 4.79 Å². The number of urea groups is 1. The maximum absolute atomic E-state index is 12.9. The molecule has 154 valence electrons. The molecule has 2 N–H and O–H groups in total. The number of unbranched alkanes of at least 4 members (excludes halogenated alkanes) is 2. The third kappa shape index (κ3) is 3.67. The summed E-state index contributed by atoms with van der Waals surface area (Å²) in [5.74, 6) is -0.220. The molecule has 28 heavy (non-hydrogen) atoms. The molecule has 1 fully saturated rings. The lowest BCUT2D eigenvalue weighted by molar-refractivity contribution is -0.124. The molecule has 0 aromatic heterocycles. The zero-order valence-corrected chi connectivity index (χ0v) is 17.0. The molecule has 2 heterocycles. The lowest BCUT2D eigenvalue weighted by atomic mass is 9.86. The van der Waals surface area contributed by atoms with E-state index in [1.165, 1.54) is 0 Å². The maximum atomic E-state index is 12.9. The summed E-state index contributed by atoms with van der Waals surface area (Å²) in [7, 11) is -3.67. The predicted octanol–water partition coefficient (Wildman–Crippen LogP) is 2.26. The van der Waals surface area contributed by atoms with Gasteiger partial charge in [0.05, 0.1) is 19.0 Å². The molecule has 2 aliphatic rings. The van der Waals surface area contributed by atoms with Gasteiger partial charge in [-0.2, -0.15) is 0 Å². The number of imide groups is 1. The van der Waals surface area contributed by atoms with Crippen molar-refractivity contribution in [2.24, 2.45) is 0 Å². The van der Waals surface area contributed by atoms with Gasteiger partial charge in [-0.3, -0.25) is 10.1 Å². The highest BCUT2D eigenvalue weighted by molar-refractivity contribution is 7.91. The van der Waals surface area contributed by atoms with E-state index in [1.54, 1.807) is 12.1 Å². The quantitative estimate of drug-likeness (QED) is 0.502. The van der Waals surface area contributed by atoms with Gasteiger partial charge in [-0.15, -0.1) is 0 Å². The van der Waals surface area contributed by atoms with Gasteiger partial charge < -0.3 is 14.8 Å². The van der Waals surface area contributed by atoms with Crippen LogP contribution in [-0.4, -0.2) is 39.3 Å². The van der Waals surface area contributed by atoms with Crippen molar-refractivity contribution in [2.45, 2.75) is 56.4 Å². The van der Waals surface area contributed by atoms with Gasteiger partial charge in [-0.1, -0.05) is 26.7 Å². The summed E-state index contributed by atoms with van der Waals surface area (Å²) < 4.78 is 37.3. The fourth-order valence-corrected chi connectivity index (χ4v) is 5.22. The number of carbonyl (C=O) groups is 2. The monoisotopic (exact) mass is 410 g/mol. The van der Waals surface area contributed by atoms with Gasteiger partial charge in [0.15, 0.2) is 9.84 Å². The molecule has 3 rings (SSSR count). The van der Waals surface area contributed by atoms with Crippen molar-refractivity contribution in [1.82, 2.24) is 10.6 Å². The van der Waals surface area contributed by atoms with E-state index < -0.39 is 27.3 Å². The Morgan fingerprint density at radius 2 is 1.75 bits per heavy atom. The first-order valence-corrected chi connectivity index (χ1v) is 11.3. The standard InChI is InChI=1S/C19H26N2O6S/c1-3-5-8-26-13-11-14-16(15(12-13)27-9-6-4-2)28(24,25)10-7-19(14)17(22)20-18(23)21-19/h11-12H,3-10H2,1-2H3,(H2,20,21,22,23). The Kier molecular flexibility index (Phi) is 5.83. The van der Waals surface area contributed by atoms with Crippen molar-refractivity contribution in [2.75, 3.05) is 19.0 Å². The second-order valence-electron chi connectivity index (χ2n) is 7.08. The van der Waals surface area contributed by atoms with Gasteiger partial charge in [0.2, 0.25) is 0 Å². The van der Waals surface area contributed by atoms with Gasteiger partial charge >= 0.3 is 6.03 Å². The van der Waals surface area contributed by atoms with Crippen molar-refractivity contribution in [1.29, 1.82) is 0 Å². The van der Waals surface area contributed by atoms with Crippen molar-refractivity contribution in [3.05, 3.63) is 17.7 Å². The van der Waals surface area contributed by atoms with Crippen LogP contribution in [-0.2, 0) is 20.2 Å². The van der Waals surface area contributed by atoms with Crippen LogP contribution >= 0.6 is 0 Å². The number of benzene rings is 1. The molecule has 2 aliphatic heterocycles. The average Bonchev–Trinajstić information content (AvgIpc) is 2.93. The SMILES string of the molecule is CCCCOc1cc(OCCCC)c2c(c1)C1(CCS2(=O)=O)NC(=O)NC1=O. The Balaban J connectivity index is 2.14. The van der Waals surface area contributed by atoms with Gasteiger partial charge in [0, 0.05) is 11.6 Å². The van der Waals surface area contributed by atoms with Crippen LogP contribution in [0.1, 0.15) is 51.5 Å². The number of hydrogen-bond acceptors (Lipinski definition) is 6. The molecular weight excluding hydrogens is 384 g/mol. The van der Waals surface area contributed by atoms with Crippen molar-refractivity contribution >= 4 is 21.8 Å². The summed E-state index contributed by atoms with van der Waals surface area (Å²) in [5.41, 5.74) is -1.22. The van der Waals surface area contributed by atoms with Crippen LogP contribution in [0.2, 0.25) is 0 Å². The summed E-state index contributed by atoms with van der Waals surface area (Å²) in [6.45, 7) is 4.85. The van der Waals surface area contributed by atoms with Crippen molar-refractivity contribution in [3.8, 4) is 11.5 Å². The molecule has 8 nitrogen and oxygen atoms in total. The second-order valence-corrected chi connectivity index (χ2v) is 9.13. The van der Waals surface area contributed by atoms with Crippen LogP contribution in [0.5, 0.6) is 11.5 Å².